The number of para-hydroxylation sites is 2. The van der Waals surface area contributed by atoms with E-state index in [4.69, 9.17) is 0 Å². The monoisotopic (exact) mass is 378 g/mol. The molecule has 0 bridgehead atoms. The highest BCUT2D eigenvalue weighted by Crippen LogP contribution is 2.26. The maximum Gasteiger partial charge on any atom is 0.245 e. The van der Waals surface area contributed by atoms with Crippen molar-refractivity contribution < 1.29 is 13.2 Å². The van der Waals surface area contributed by atoms with Crippen LogP contribution in [0.25, 0.3) is 0 Å². The van der Waals surface area contributed by atoms with Gasteiger partial charge in [0, 0.05) is 4.90 Å². The van der Waals surface area contributed by atoms with Crippen molar-refractivity contribution in [2.45, 2.75) is 18.2 Å². The number of hydrogen-bond acceptors (Lipinski definition) is 4. The number of thioether (sulfide) groups is 1. The van der Waals surface area contributed by atoms with Gasteiger partial charge in [0.2, 0.25) is 15.9 Å². The fourth-order valence-electron chi connectivity index (χ4n) is 2.50. The number of carbonyl (C=O) groups excluding carboxylic acids is 1. The summed E-state index contributed by atoms with van der Waals surface area (Å²) in [6.45, 7) is 1.69. The van der Waals surface area contributed by atoms with Crippen molar-refractivity contribution in [2.75, 3.05) is 28.7 Å². The summed E-state index contributed by atoms with van der Waals surface area (Å²) in [7, 11) is -3.59. The van der Waals surface area contributed by atoms with Crippen molar-refractivity contribution in [3.8, 4) is 0 Å². The molecule has 0 unspecified atom stereocenters. The van der Waals surface area contributed by atoms with E-state index in [0.29, 0.717) is 17.8 Å². The highest BCUT2D eigenvalue weighted by Gasteiger charge is 2.23. The van der Waals surface area contributed by atoms with Gasteiger partial charge in [0.05, 0.1) is 17.6 Å². The second-order valence-electron chi connectivity index (χ2n) is 5.50. The molecule has 0 aliphatic rings. The van der Waals surface area contributed by atoms with E-state index in [1.165, 1.54) is 11.8 Å². The molecule has 1 amide bonds. The Kier molecular flexibility index (Phi) is 6.50. The first-order valence-electron chi connectivity index (χ1n) is 7.85. The molecule has 0 aromatic heterocycles. The van der Waals surface area contributed by atoms with E-state index in [1.54, 1.807) is 18.2 Å². The van der Waals surface area contributed by atoms with E-state index in [0.717, 1.165) is 21.0 Å². The van der Waals surface area contributed by atoms with Crippen LogP contribution in [-0.2, 0) is 21.2 Å². The van der Waals surface area contributed by atoms with Crippen molar-refractivity contribution in [1.29, 1.82) is 0 Å². The van der Waals surface area contributed by atoms with Gasteiger partial charge in [-0.1, -0.05) is 37.3 Å². The minimum absolute atomic E-state index is 0.265. The Labute approximate surface area is 153 Å². The lowest BCUT2D eigenvalue weighted by Crippen LogP contribution is -2.38. The number of benzene rings is 2. The summed E-state index contributed by atoms with van der Waals surface area (Å²) in [6.07, 6.45) is 3.72. The molecule has 0 spiro atoms. The average molecular weight is 379 g/mol. The lowest BCUT2D eigenvalue weighted by molar-refractivity contribution is -0.114. The fraction of sp³-hybridized carbons (Fsp3) is 0.278. The lowest BCUT2D eigenvalue weighted by Gasteiger charge is -2.24. The van der Waals surface area contributed by atoms with Gasteiger partial charge >= 0.3 is 0 Å². The largest absolute Gasteiger partial charge is 0.323 e. The van der Waals surface area contributed by atoms with Crippen molar-refractivity contribution in [3.05, 3.63) is 54.1 Å². The highest BCUT2D eigenvalue weighted by atomic mass is 32.2. The summed E-state index contributed by atoms with van der Waals surface area (Å²) < 4.78 is 25.7. The zero-order valence-electron chi connectivity index (χ0n) is 14.5. The summed E-state index contributed by atoms with van der Waals surface area (Å²) in [4.78, 5) is 13.4. The predicted molar refractivity (Wildman–Crippen MR) is 105 cm³/mol. The molecule has 134 valence electrons. The summed E-state index contributed by atoms with van der Waals surface area (Å²) in [5.41, 5.74) is 2.10. The smallest absolute Gasteiger partial charge is 0.245 e. The van der Waals surface area contributed by atoms with Crippen molar-refractivity contribution in [1.82, 2.24) is 0 Å². The van der Waals surface area contributed by atoms with E-state index in [1.807, 2.05) is 43.5 Å². The molecule has 0 heterocycles. The van der Waals surface area contributed by atoms with E-state index >= 15 is 0 Å². The topological polar surface area (TPSA) is 66.5 Å². The summed E-state index contributed by atoms with van der Waals surface area (Å²) in [6, 6.07) is 14.6. The summed E-state index contributed by atoms with van der Waals surface area (Å²) in [5, 5.41) is 2.81. The molecule has 0 saturated carbocycles. The zero-order valence-corrected chi connectivity index (χ0v) is 16.2. The van der Waals surface area contributed by atoms with Crippen LogP contribution in [-0.4, -0.2) is 33.4 Å². The van der Waals surface area contributed by atoms with Crippen LogP contribution in [0.1, 0.15) is 12.5 Å². The van der Waals surface area contributed by atoms with Crippen molar-refractivity contribution in [2.24, 2.45) is 0 Å². The van der Waals surface area contributed by atoms with Crippen molar-refractivity contribution >= 4 is 39.1 Å². The third kappa shape index (κ3) is 4.99. The lowest BCUT2D eigenvalue weighted by atomic mass is 10.1. The molecule has 0 atom stereocenters. The molecule has 0 saturated heterocycles. The van der Waals surface area contributed by atoms with E-state index in [9.17, 15) is 13.2 Å². The highest BCUT2D eigenvalue weighted by molar-refractivity contribution is 7.98. The standard InChI is InChI=1S/C18H22N2O3S2/c1-4-14-9-5-7-11-16(14)20(25(3,22)23)13-18(21)19-15-10-6-8-12-17(15)24-2/h5-12H,4,13H2,1-3H3,(H,19,21). The van der Waals surface area contributed by atoms with Gasteiger partial charge in [-0.05, 0) is 36.4 Å². The molecule has 2 aromatic rings. The Morgan fingerprint density at radius 3 is 2.40 bits per heavy atom. The van der Waals surface area contributed by atoms with Gasteiger partial charge < -0.3 is 5.32 Å². The second kappa shape index (κ2) is 8.40. The number of aryl methyl sites for hydroxylation is 1. The minimum atomic E-state index is -3.59. The van der Waals surface area contributed by atoms with Gasteiger partial charge in [0.25, 0.3) is 0 Å². The van der Waals surface area contributed by atoms with Gasteiger partial charge in [0.15, 0.2) is 0 Å². The fourth-order valence-corrected chi connectivity index (χ4v) is 3.94. The third-order valence-corrected chi connectivity index (χ3v) is 5.63. The summed E-state index contributed by atoms with van der Waals surface area (Å²) >= 11 is 1.52. The molecule has 25 heavy (non-hydrogen) atoms. The van der Waals surface area contributed by atoms with Gasteiger partial charge in [-0.15, -0.1) is 11.8 Å². The van der Waals surface area contributed by atoms with E-state index in [-0.39, 0.29) is 12.5 Å². The number of hydrogen-bond donors (Lipinski definition) is 1. The maximum absolute atomic E-state index is 12.5. The van der Waals surface area contributed by atoms with Gasteiger partial charge in [-0.25, -0.2) is 8.42 Å². The van der Waals surface area contributed by atoms with Crippen LogP contribution in [0.4, 0.5) is 11.4 Å². The number of carbonyl (C=O) groups is 1. The van der Waals surface area contributed by atoms with E-state index in [2.05, 4.69) is 5.32 Å². The van der Waals surface area contributed by atoms with Gasteiger partial charge in [-0.3, -0.25) is 9.10 Å². The average Bonchev–Trinajstić information content (AvgIpc) is 2.59. The Morgan fingerprint density at radius 2 is 1.76 bits per heavy atom. The maximum atomic E-state index is 12.5. The molecule has 7 heteroatoms. The molecule has 1 N–H and O–H groups in total. The number of nitrogens with zero attached hydrogens (tertiary/aromatic N) is 1. The Hall–Kier alpha value is -1.99. The predicted octanol–water partition coefficient (Wildman–Crippen LogP) is 3.38. The van der Waals surface area contributed by atoms with E-state index < -0.39 is 10.0 Å². The molecule has 5 nitrogen and oxygen atoms in total. The van der Waals surface area contributed by atoms with Crippen LogP contribution < -0.4 is 9.62 Å². The molecule has 0 radical (unpaired) electrons. The van der Waals surface area contributed by atoms with Crippen LogP contribution in [0, 0.1) is 0 Å². The first-order chi connectivity index (χ1) is 11.9. The number of amides is 1. The van der Waals surface area contributed by atoms with Crippen LogP contribution in [0.5, 0.6) is 0 Å². The Bertz CT molecular complexity index is 851. The number of nitrogens with one attached hydrogen (secondary N) is 1. The molecule has 2 rings (SSSR count). The zero-order chi connectivity index (χ0) is 18.4. The molecule has 2 aromatic carbocycles. The quantitative estimate of drug-likeness (QED) is 0.750. The van der Waals surface area contributed by atoms with Crippen LogP contribution in [0.3, 0.4) is 0 Å². The van der Waals surface area contributed by atoms with Crippen LogP contribution >= 0.6 is 11.8 Å². The number of rotatable bonds is 7. The van der Waals surface area contributed by atoms with Crippen LogP contribution in [0.2, 0.25) is 0 Å². The Morgan fingerprint density at radius 1 is 1.12 bits per heavy atom. The normalized spacial score (nSPS) is 11.2. The van der Waals surface area contributed by atoms with Crippen LogP contribution in [0.15, 0.2) is 53.4 Å². The van der Waals surface area contributed by atoms with Gasteiger partial charge in [-0.2, -0.15) is 0 Å². The first kappa shape index (κ1) is 19.3. The number of anilines is 2. The molecule has 0 aliphatic carbocycles. The first-order valence-corrected chi connectivity index (χ1v) is 10.9. The molecule has 0 fully saturated rings. The van der Waals surface area contributed by atoms with Crippen molar-refractivity contribution in [3.63, 3.8) is 0 Å². The third-order valence-electron chi connectivity index (χ3n) is 3.71. The Balaban J connectivity index is 2.28. The summed E-state index contributed by atoms with van der Waals surface area (Å²) in [5.74, 6) is -0.377. The second-order valence-corrected chi connectivity index (χ2v) is 8.26. The number of sulfonamides is 1. The molecular weight excluding hydrogens is 356 g/mol. The minimum Gasteiger partial charge on any atom is -0.323 e. The van der Waals surface area contributed by atoms with Gasteiger partial charge in [0.1, 0.15) is 6.54 Å². The molecule has 0 aliphatic heterocycles. The molecular formula is C18H22N2O3S2. The SMILES string of the molecule is CCc1ccccc1N(CC(=O)Nc1ccccc1SC)S(C)(=O)=O.